The van der Waals surface area contributed by atoms with Crippen LogP contribution in [0.5, 0.6) is 0 Å². The van der Waals surface area contributed by atoms with Crippen LogP contribution in [0, 0.1) is 0 Å². The Hall–Kier alpha value is -1.39. The number of hydrogen-bond acceptors (Lipinski definition) is 3. The second kappa shape index (κ2) is 11.3. The maximum Gasteiger partial charge on any atom is 0.220 e. The third kappa shape index (κ3) is 7.83. The molecule has 1 rings (SSSR count). The van der Waals surface area contributed by atoms with E-state index in [0.717, 1.165) is 43.4 Å². The fourth-order valence-corrected chi connectivity index (χ4v) is 2.15. The Morgan fingerprint density at radius 3 is 2.57 bits per heavy atom. The molecule has 4 nitrogen and oxygen atoms in total. The summed E-state index contributed by atoms with van der Waals surface area (Å²) in [7, 11) is 0. The van der Waals surface area contributed by atoms with E-state index in [0.29, 0.717) is 26.2 Å². The number of benzene rings is 1. The summed E-state index contributed by atoms with van der Waals surface area (Å²) in [6, 6.07) is 8.07. The van der Waals surface area contributed by atoms with Gasteiger partial charge in [0.25, 0.3) is 0 Å². The van der Waals surface area contributed by atoms with Crippen LogP contribution in [0.1, 0.15) is 50.2 Å². The number of unbranched alkanes of at least 4 members (excludes halogenated alkanes) is 3. The highest BCUT2D eigenvalue weighted by Crippen LogP contribution is 2.10. The van der Waals surface area contributed by atoms with Gasteiger partial charge in [-0.1, -0.05) is 37.1 Å². The standard InChI is InChI=1S/C17H28N2O2/c1-2-21-14-16-10-7-6-9-15(16)13-19-17(20)11-5-3-4-8-12-18/h6-7,9-10H,2-5,8,11-14,18H2,1H3,(H,19,20). The predicted octanol–water partition coefficient (Wildman–Crippen LogP) is 2.75. The lowest BCUT2D eigenvalue weighted by Crippen LogP contribution is -2.23. The number of rotatable bonds is 11. The second-order valence-electron chi connectivity index (χ2n) is 5.14. The van der Waals surface area contributed by atoms with Crippen molar-refractivity contribution in [1.82, 2.24) is 5.32 Å². The highest BCUT2D eigenvalue weighted by atomic mass is 16.5. The number of amides is 1. The largest absolute Gasteiger partial charge is 0.377 e. The molecule has 0 aliphatic rings. The molecule has 0 saturated carbocycles. The molecule has 3 N–H and O–H groups in total. The van der Waals surface area contributed by atoms with Crippen molar-refractivity contribution in [3.63, 3.8) is 0 Å². The van der Waals surface area contributed by atoms with Gasteiger partial charge in [-0.15, -0.1) is 0 Å². The van der Waals surface area contributed by atoms with E-state index in [4.69, 9.17) is 10.5 Å². The summed E-state index contributed by atoms with van der Waals surface area (Å²) in [5.74, 6) is 0.119. The molecule has 0 radical (unpaired) electrons. The van der Waals surface area contributed by atoms with Gasteiger partial charge >= 0.3 is 0 Å². The molecule has 0 aliphatic carbocycles. The van der Waals surface area contributed by atoms with Crippen molar-refractivity contribution < 1.29 is 9.53 Å². The summed E-state index contributed by atoms with van der Waals surface area (Å²) in [5, 5.41) is 2.99. The van der Waals surface area contributed by atoms with Crippen LogP contribution in [-0.2, 0) is 22.7 Å². The summed E-state index contributed by atoms with van der Waals surface area (Å²) in [6.45, 7) is 4.59. The molecule has 0 unspecified atom stereocenters. The Morgan fingerprint density at radius 1 is 1.14 bits per heavy atom. The van der Waals surface area contributed by atoms with Crippen LogP contribution in [0.25, 0.3) is 0 Å². The van der Waals surface area contributed by atoms with E-state index in [1.807, 2.05) is 31.2 Å². The molecule has 0 spiro atoms. The average Bonchev–Trinajstić information content (AvgIpc) is 2.51. The first-order valence-corrected chi connectivity index (χ1v) is 7.89. The fraction of sp³-hybridized carbons (Fsp3) is 0.588. The fourth-order valence-electron chi connectivity index (χ4n) is 2.15. The van der Waals surface area contributed by atoms with Gasteiger partial charge in [-0.3, -0.25) is 4.79 Å². The molecule has 118 valence electrons. The van der Waals surface area contributed by atoms with E-state index < -0.39 is 0 Å². The zero-order valence-electron chi connectivity index (χ0n) is 13.1. The Labute approximate surface area is 128 Å². The molecule has 4 heteroatoms. The van der Waals surface area contributed by atoms with E-state index in [2.05, 4.69) is 5.32 Å². The van der Waals surface area contributed by atoms with Crippen LogP contribution in [0.2, 0.25) is 0 Å². The molecule has 1 amide bonds. The first-order valence-electron chi connectivity index (χ1n) is 7.89. The third-order valence-corrected chi connectivity index (χ3v) is 3.41. The molecule has 0 heterocycles. The molecule has 1 aromatic rings. The number of carbonyl (C=O) groups excluding carboxylic acids is 1. The Kier molecular flexibility index (Phi) is 9.49. The molecular weight excluding hydrogens is 264 g/mol. The molecule has 0 saturated heterocycles. The average molecular weight is 292 g/mol. The molecule has 0 bridgehead atoms. The van der Waals surface area contributed by atoms with Crippen molar-refractivity contribution in [2.45, 2.75) is 52.2 Å². The van der Waals surface area contributed by atoms with Gasteiger partial charge in [-0.25, -0.2) is 0 Å². The van der Waals surface area contributed by atoms with Gasteiger partial charge in [-0.05, 0) is 37.4 Å². The van der Waals surface area contributed by atoms with Crippen molar-refractivity contribution in [1.29, 1.82) is 0 Å². The van der Waals surface area contributed by atoms with E-state index in [1.54, 1.807) is 0 Å². The van der Waals surface area contributed by atoms with E-state index in [1.165, 1.54) is 0 Å². The zero-order chi connectivity index (χ0) is 15.3. The SMILES string of the molecule is CCOCc1ccccc1CNC(=O)CCCCCCN. The minimum Gasteiger partial charge on any atom is -0.377 e. The highest BCUT2D eigenvalue weighted by molar-refractivity contribution is 5.75. The lowest BCUT2D eigenvalue weighted by molar-refractivity contribution is -0.121. The van der Waals surface area contributed by atoms with Gasteiger partial charge in [0, 0.05) is 19.6 Å². The summed E-state index contributed by atoms with van der Waals surface area (Å²) in [6.07, 6.45) is 4.77. The first kappa shape index (κ1) is 17.7. The summed E-state index contributed by atoms with van der Waals surface area (Å²) in [4.78, 5) is 11.8. The molecule has 1 aromatic carbocycles. The van der Waals surface area contributed by atoms with Crippen LogP contribution in [0.3, 0.4) is 0 Å². The maximum absolute atomic E-state index is 11.8. The van der Waals surface area contributed by atoms with Gasteiger partial charge in [0.15, 0.2) is 0 Å². The van der Waals surface area contributed by atoms with E-state index >= 15 is 0 Å². The van der Waals surface area contributed by atoms with Crippen molar-refractivity contribution in [2.75, 3.05) is 13.2 Å². The summed E-state index contributed by atoms with van der Waals surface area (Å²) < 4.78 is 5.45. The van der Waals surface area contributed by atoms with Crippen molar-refractivity contribution in [3.05, 3.63) is 35.4 Å². The molecule has 21 heavy (non-hydrogen) atoms. The normalized spacial score (nSPS) is 10.6. The van der Waals surface area contributed by atoms with E-state index in [9.17, 15) is 4.79 Å². The highest BCUT2D eigenvalue weighted by Gasteiger charge is 2.05. The van der Waals surface area contributed by atoms with Crippen LogP contribution in [0.4, 0.5) is 0 Å². The third-order valence-electron chi connectivity index (χ3n) is 3.41. The molecule has 0 atom stereocenters. The van der Waals surface area contributed by atoms with Crippen LogP contribution < -0.4 is 11.1 Å². The quantitative estimate of drug-likeness (QED) is 0.616. The molecule has 0 aliphatic heterocycles. The van der Waals surface area contributed by atoms with Gasteiger partial charge < -0.3 is 15.8 Å². The first-order chi connectivity index (χ1) is 10.3. The monoisotopic (exact) mass is 292 g/mol. The Balaban J connectivity index is 2.29. The van der Waals surface area contributed by atoms with E-state index in [-0.39, 0.29) is 5.91 Å². The van der Waals surface area contributed by atoms with Crippen LogP contribution in [-0.4, -0.2) is 19.1 Å². The van der Waals surface area contributed by atoms with Gasteiger partial charge in [0.05, 0.1) is 6.61 Å². The number of nitrogens with one attached hydrogen (secondary N) is 1. The lowest BCUT2D eigenvalue weighted by Gasteiger charge is -2.10. The Bertz CT molecular complexity index is 408. The van der Waals surface area contributed by atoms with Crippen molar-refractivity contribution in [2.24, 2.45) is 5.73 Å². The smallest absolute Gasteiger partial charge is 0.220 e. The summed E-state index contributed by atoms with van der Waals surface area (Å²) >= 11 is 0. The second-order valence-corrected chi connectivity index (χ2v) is 5.14. The minimum atomic E-state index is 0.119. The van der Waals surface area contributed by atoms with Crippen LogP contribution >= 0.6 is 0 Å². The lowest BCUT2D eigenvalue weighted by atomic mass is 10.1. The molecule has 0 fully saturated rings. The Morgan fingerprint density at radius 2 is 1.86 bits per heavy atom. The van der Waals surface area contributed by atoms with Gasteiger partial charge in [0.1, 0.15) is 0 Å². The molecular formula is C17H28N2O2. The van der Waals surface area contributed by atoms with Crippen molar-refractivity contribution >= 4 is 5.91 Å². The van der Waals surface area contributed by atoms with Gasteiger partial charge in [-0.2, -0.15) is 0 Å². The number of nitrogens with two attached hydrogens (primary N) is 1. The number of ether oxygens (including phenoxy) is 1. The topological polar surface area (TPSA) is 64.3 Å². The van der Waals surface area contributed by atoms with Crippen LogP contribution in [0.15, 0.2) is 24.3 Å². The maximum atomic E-state index is 11.8. The van der Waals surface area contributed by atoms with Gasteiger partial charge in [0.2, 0.25) is 5.91 Å². The predicted molar refractivity (Wildman–Crippen MR) is 85.8 cm³/mol. The zero-order valence-corrected chi connectivity index (χ0v) is 13.1. The number of carbonyl (C=O) groups is 1. The molecule has 0 aromatic heterocycles. The number of hydrogen-bond donors (Lipinski definition) is 2. The van der Waals surface area contributed by atoms with Crippen molar-refractivity contribution in [3.8, 4) is 0 Å². The minimum absolute atomic E-state index is 0.119. The summed E-state index contributed by atoms with van der Waals surface area (Å²) in [5.41, 5.74) is 7.71.